The van der Waals surface area contributed by atoms with E-state index in [0.29, 0.717) is 16.7 Å². The van der Waals surface area contributed by atoms with Crippen LogP contribution in [0.3, 0.4) is 0 Å². The Hall–Kier alpha value is -4.40. The molecule has 4 rings (SSSR count). The Morgan fingerprint density at radius 3 is 2.23 bits per heavy atom. The molecular formula is C26H18F3NO5. The fraction of sp³-hybridized carbons (Fsp3) is 0.115. The van der Waals surface area contributed by atoms with Crippen LogP contribution < -0.4 is 14.8 Å². The number of alkyl halides is 3. The quantitative estimate of drug-likeness (QED) is 0.348. The molecule has 0 aromatic heterocycles. The van der Waals surface area contributed by atoms with Gasteiger partial charge < -0.3 is 9.47 Å². The first-order valence-electron chi connectivity index (χ1n) is 10.5. The number of Topliss-reactive ketones (excluding diaryl/α,β-unsaturated/α-hetero) is 2. The van der Waals surface area contributed by atoms with Gasteiger partial charge in [0.2, 0.25) is 0 Å². The first-order valence-corrected chi connectivity index (χ1v) is 10.5. The lowest BCUT2D eigenvalue weighted by Crippen LogP contribution is -2.18. The number of ether oxygens (including phenoxy) is 2. The molecule has 0 heterocycles. The van der Waals surface area contributed by atoms with Crippen molar-refractivity contribution in [1.82, 2.24) is 0 Å². The van der Waals surface area contributed by atoms with Crippen LogP contribution in [0.1, 0.15) is 38.8 Å². The Bertz CT molecular complexity index is 1320. The SMILES string of the molecule is CCOc1cc(C=C2C(=O)c3ccccc3C2=O)ccc1OC(=O)Nc1cccc(C(F)(F)F)c1. The summed E-state index contributed by atoms with van der Waals surface area (Å²) in [5.74, 6) is -0.615. The third kappa shape index (κ3) is 5.08. The lowest BCUT2D eigenvalue weighted by molar-refractivity contribution is -0.137. The number of nitrogens with one attached hydrogen (secondary N) is 1. The van der Waals surface area contributed by atoms with Crippen molar-refractivity contribution in [1.29, 1.82) is 0 Å². The van der Waals surface area contributed by atoms with Gasteiger partial charge in [-0.05, 0) is 48.9 Å². The average molecular weight is 481 g/mol. The van der Waals surface area contributed by atoms with E-state index in [0.717, 1.165) is 18.2 Å². The van der Waals surface area contributed by atoms with E-state index >= 15 is 0 Å². The molecule has 0 radical (unpaired) electrons. The molecule has 0 aliphatic heterocycles. The van der Waals surface area contributed by atoms with Crippen LogP contribution in [0.2, 0.25) is 0 Å². The van der Waals surface area contributed by atoms with E-state index in [1.54, 1.807) is 31.2 Å². The van der Waals surface area contributed by atoms with E-state index in [-0.39, 0.29) is 40.9 Å². The smallest absolute Gasteiger partial charge is 0.417 e. The second-order valence-electron chi connectivity index (χ2n) is 7.49. The highest BCUT2D eigenvalue weighted by Gasteiger charge is 2.33. The van der Waals surface area contributed by atoms with Crippen LogP contribution in [0.4, 0.5) is 23.7 Å². The van der Waals surface area contributed by atoms with Gasteiger partial charge in [0.05, 0.1) is 17.7 Å². The molecule has 178 valence electrons. The van der Waals surface area contributed by atoms with Gasteiger partial charge in [0.25, 0.3) is 0 Å². The molecule has 6 nitrogen and oxygen atoms in total. The molecular weight excluding hydrogens is 463 g/mol. The maximum Gasteiger partial charge on any atom is 0.417 e. The predicted octanol–water partition coefficient (Wildman–Crippen LogP) is 6.18. The molecule has 1 aliphatic carbocycles. The van der Waals surface area contributed by atoms with Crippen molar-refractivity contribution in [3.05, 3.63) is 94.6 Å². The van der Waals surface area contributed by atoms with E-state index in [9.17, 15) is 27.6 Å². The van der Waals surface area contributed by atoms with Crippen molar-refractivity contribution >= 4 is 29.4 Å². The van der Waals surface area contributed by atoms with Crippen LogP contribution in [-0.2, 0) is 6.18 Å². The molecule has 0 atom stereocenters. The predicted molar refractivity (Wildman–Crippen MR) is 122 cm³/mol. The van der Waals surface area contributed by atoms with Gasteiger partial charge in [-0.1, -0.05) is 36.4 Å². The maximum absolute atomic E-state index is 12.9. The molecule has 0 bridgehead atoms. The number of halogens is 3. The Kier molecular flexibility index (Phi) is 6.42. The Morgan fingerprint density at radius 1 is 0.914 bits per heavy atom. The zero-order valence-electron chi connectivity index (χ0n) is 18.3. The number of fused-ring (bicyclic) bond motifs is 1. The molecule has 0 spiro atoms. The third-order valence-electron chi connectivity index (χ3n) is 5.12. The fourth-order valence-corrected chi connectivity index (χ4v) is 3.55. The van der Waals surface area contributed by atoms with Crippen LogP contribution in [0.15, 0.2) is 72.3 Å². The molecule has 0 fully saturated rings. The van der Waals surface area contributed by atoms with Gasteiger partial charge in [-0.15, -0.1) is 0 Å². The van der Waals surface area contributed by atoms with Crippen LogP contribution in [0.5, 0.6) is 11.5 Å². The topological polar surface area (TPSA) is 81.7 Å². The minimum absolute atomic E-state index is 0.00427. The van der Waals surface area contributed by atoms with Crippen molar-refractivity contribution in [3.8, 4) is 11.5 Å². The van der Waals surface area contributed by atoms with Crippen molar-refractivity contribution < 1.29 is 37.0 Å². The van der Waals surface area contributed by atoms with Gasteiger partial charge in [-0.3, -0.25) is 14.9 Å². The van der Waals surface area contributed by atoms with Crippen LogP contribution >= 0.6 is 0 Å². The van der Waals surface area contributed by atoms with Crippen molar-refractivity contribution in [3.63, 3.8) is 0 Å². The van der Waals surface area contributed by atoms with E-state index in [4.69, 9.17) is 9.47 Å². The van der Waals surface area contributed by atoms with E-state index in [2.05, 4.69) is 5.32 Å². The zero-order valence-corrected chi connectivity index (χ0v) is 18.3. The number of benzene rings is 3. The minimum atomic E-state index is -4.56. The standard InChI is InChI=1S/C26H18F3NO5/c1-2-34-22-13-15(12-20-23(31)18-8-3-4-9-19(18)24(20)32)10-11-21(22)35-25(33)30-17-7-5-6-16(14-17)26(27,28)29/h3-14H,2H2,1H3,(H,30,33). The number of rotatable bonds is 5. The Morgan fingerprint density at radius 2 is 1.60 bits per heavy atom. The summed E-state index contributed by atoms with van der Waals surface area (Å²) in [7, 11) is 0. The molecule has 0 unspecified atom stereocenters. The first-order chi connectivity index (χ1) is 16.7. The molecule has 0 saturated carbocycles. The van der Waals surface area contributed by atoms with Crippen LogP contribution in [-0.4, -0.2) is 24.3 Å². The second-order valence-corrected chi connectivity index (χ2v) is 7.49. The lowest BCUT2D eigenvalue weighted by atomic mass is 10.1. The number of hydrogen-bond donors (Lipinski definition) is 1. The van der Waals surface area contributed by atoms with Gasteiger partial charge >= 0.3 is 12.3 Å². The molecule has 1 aliphatic rings. The molecule has 1 N–H and O–H groups in total. The molecule has 0 saturated heterocycles. The van der Waals surface area contributed by atoms with Crippen LogP contribution in [0.25, 0.3) is 6.08 Å². The molecule has 1 amide bonds. The molecule has 9 heteroatoms. The highest BCUT2D eigenvalue weighted by molar-refractivity contribution is 6.41. The van der Waals surface area contributed by atoms with Crippen molar-refractivity contribution in [2.75, 3.05) is 11.9 Å². The average Bonchev–Trinajstić information content (AvgIpc) is 3.05. The second kappa shape index (κ2) is 9.46. The number of ketones is 2. The molecule has 3 aromatic carbocycles. The van der Waals surface area contributed by atoms with Gasteiger partial charge in [-0.25, -0.2) is 4.79 Å². The highest BCUT2D eigenvalue weighted by atomic mass is 19.4. The normalized spacial score (nSPS) is 12.9. The molecule has 3 aromatic rings. The third-order valence-corrected chi connectivity index (χ3v) is 5.12. The Balaban J connectivity index is 1.55. The van der Waals surface area contributed by atoms with Gasteiger partial charge in [0.1, 0.15) is 0 Å². The number of allylic oxidation sites excluding steroid dienone is 1. The summed E-state index contributed by atoms with van der Waals surface area (Å²) in [4.78, 5) is 37.6. The summed E-state index contributed by atoms with van der Waals surface area (Å²) < 4.78 is 49.4. The summed E-state index contributed by atoms with van der Waals surface area (Å²) in [6, 6.07) is 15.1. The summed E-state index contributed by atoms with van der Waals surface area (Å²) >= 11 is 0. The fourth-order valence-electron chi connectivity index (χ4n) is 3.55. The largest absolute Gasteiger partial charge is 0.490 e. The highest BCUT2D eigenvalue weighted by Crippen LogP contribution is 2.33. The number of carbonyl (C=O) groups excluding carboxylic acids is 3. The van der Waals surface area contributed by atoms with E-state index in [1.807, 2.05) is 0 Å². The van der Waals surface area contributed by atoms with E-state index < -0.39 is 17.8 Å². The zero-order chi connectivity index (χ0) is 25.2. The monoisotopic (exact) mass is 481 g/mol. The van der Waals surface area contributed by atoms with E-state index in [1.165, 1.54) is 30.3 Å². The number of hydrogen-bond acceptors (Lipinski definition) is 5. The summed E-state index contributed by atoms with van der Waals surface area (Å²) in [5, 5.41) is 2.25. The summed E-state index contributed by atoms with van der Waals surface area (Å²) in [6.07, 6.45) is -4.15. The number of carbonyl (C=O) groups is 3. The number of anilines is 1. The van der Waals surface area contributed by atoms with Gasteiger partial charge in [0.15, 0.2) is 23.1 Å². The Labute approximate surface area is 198 Å². The summed E-state index contributed by atoms with van der Waals surface area (Å²) in [6.45, 7) is 1.92. The van der Waals surface area contributed by atoms with Crippen LogP contribution in [0, 0.1) is 0 Å². The summed E-state index contributed by atoms with van der Waals surface area (Å²) in [5.41, 5.74) is 0.121. The van der Waals surface area contributed by atoms with Crippen molar-refractivity contribution in [2.24, 2.45) is 0 Å². The maximum atomic E-state index is 12.9. The molecule has 35 heavy (non-hydrogen) atoms. The first kappa shape index (κ1) is 23.7. The number of amides is 1. The minimum Gasteiger partial charge on any atom is -0.490 e. The lowest BCUT2D eigenvalue weighted by Gasteiger charge is -2.13. The van der Waals surface area contributed by atoms with Crippen molar-refractivity contribution in [2.45, 2.75) is 13.1 Å². The van der Waals surface area contributed by atoms with Gasteiger partial charge in [0, 0.05) is 16.8 Å². The van der Waals surface area contributed by atoms with Gasteiger partial charge in [-0.2, -0.15) is 13.2 Å².